The molecule has 0 saturated carbocycles. The summed E-state index contributed by atoms with van der Waals surface area (Å²) in [6.45, 7) is 4.95. The highest BCUT2D eigenvalue weighted by atomic mass is 16.4. The molecule has 0 aromatic carbocycles. The highest BCUT2D eigenvalue weighted by Crippen LogP contribution is 2.35. The molecule has 1 amide bonds. The molecule has 0 aliphatic carbocycles. The molecule has 0 radical (unpaired) electrons. The molecule has 1 rings (SSSR count). The van der Waals surface area contributed by atoms with Gasteiger partial charge in [0.05, 0.1) is 0 Å². The third-order valence-corrected chi connectivity index (χ3v) is 3.75. The minimum absolute atomic E-state index is 0.0438. The zero-order valence-corrected chi connectivity index (χ0v) is 11.5. The Morgan fingerprint density at radius 2 is 2.17 bits per heavy atom. The van der Waals surface area contributed by atoms with E-state index in [0.29, 0.717) is 25.9 Å². The lowest BCUT2D eigenvalue weighted by Crippen LogP contribution is -2.55. The van der Waals surface area contributed by atoms with Gasteiger partial charge >= 0.3 is 5.97 Å². The smallest absolute Gasteiger partial charge is 0.329 e. The quantitative estimate of drug-likeness (QED) is 0.746. The van der Waals surface area contributed by atoms with Crippen LogP contribution >= 0.6 is 0 Å². The van der Waals surface area contributed by atoms with Gasteiger partial charge in [0.15, 0.2) is 0 Å². The summed E-state index contributed by atoms with van der Waals surface area (Å²) >= 11 is 0. The second-order valence-electron chi connectivity index (χ2n) is 5.14. The summed E-state index contributed by atoms with van der Waals surface area (Å²) in [5, 5.41) is 12.5. The third-order valence-electron chi connectivity index (χ3n) is 3.75. The molecule has 0 aromatic heterocycles. The lowest BCUT2D eigenvalue weighted by atomic mass is 9.90. The summed E-state index contributed by atoms with van der Waals surface area (Å²) in [7, 11) is 1.80. The van der Waals surface area contributed by atoms with E-state index in [0.717, 1.165) is 12.8 Å². The number of likely N-dealkylation sites (tertiary alicyclic amines) is 1. The Morgan fingerprint density at radius 1 is 1.50 bits per heavy atom. The van der Waals surface area contributed by atoms with Crippen LogP contribution in [0.15, 0.2) is 0 Å². The monoisotopic (exact) mass is 256 g/mol. The van der Waals surface area contributed by atoms with Crippen LogP contribution in [0.1, 0.15) is 39.5 Å². The SMILES string of the molecule is CCCC1(C(=O)O)CCCN1C(=O)C(C)CNC. The van der Waals surface area contributed by atoms with Crippen LogP contribution in [0.3, 0.4) is 0 Å². The Kier molecular flexibility index (Phi) is 5.14. The molecule has 1 fully saturated rings. The topological polar surface area (TPSA) is 69.6 Å². The molecule has 5 heteroatoms. The van der Waals surface area contributed by atoms with Crippen LogP contribution in [-0.2, 0) is 9.59 Å². The maximum absolute atomic E-state index is 12.4. The van der Waals surface area contributed by atoms with Gasteiger partial charge < -0.3 is 15.3 Å². The highest BCUT2D eigenvalue weighted by molar-refractivity contribution is 5.88. The van der Waals surface area contributed by atoms with Crippen LogP contribution in [-0.4, -0.2) is 47.6 Å². The summed E-state index contributed by atoms with van der Waals surface area (Å²) in [6.07, 6.45) is 2.68. The number of aliphatic carboxylic acids is 1. The fourth-order valence-electron chi connectivity index (χ4n) is 2.86. The fourth-order valence-corrected chi connectivity index (χ4v) is 2.86. The van der Waals surface area contributed by atoms with Crippen molar-refractivity contribution in [3.8, 4) is 0 Å². The largest absolute Gasteiger partial charge is 0.479 e. The van der Waals surface area contributed by atoms with Crippen molar-refractivity contribution in [3.05, 3.63) is 0 Å². The molecule has 5 nitrogen and oxygen atoms in total. The Labute approximate surface area is 109 Å². The summed E-state index contributed by atoms with van der Waals surface area (Å²) in [4.78, 5) is 25.6. The van der Waals surface area contributed by atoms with Crippen molar-refractivity contribution >= 4 is 11.9 Å². The molecular formula is C13H24N2O3. The zero-order valence-electron chi connectivity index (χ0n) is 11.5. The van der Waals surface area contributed by atoms with Gasteiger partial charge in [-0.1, -0.05) is 20.3 Å². The molecule has 2 unspecified atom stereocenters. The molecule has 18 heavy (non-hydrogen) atoms. The summed E-state index contributed by atoms with van der Waals surface area (Å²) in [5.74, 6) is -1.08. The molecular weight excluding hydrogens is 232 g/mol. The van der Waals surface area contributed by atoms with Crippen molar-refractivity contribution in [3.63, 3.8) is 0 Å². The molecule has 2 atom stereocenters. The molecule has 0 aromatic rings. The first-order valence-electron chi connectivity index (χ1n) is 6.69. The van der Waals surface area contributed by atoms with Gasteiger partial charge in [-0.15, -0.1) is 0 Å². The number of nitrogens with zero attached hydrogens (tertiary/aromatic N) is 1. The van der Waals surface area contributed by atoms with E-state index in [2.05, 4.69) is 5.32 Å². The van der Waals surface area contributed by atoms with Gasteiger partial charge in [-0.2, -0.15) is 0 Å². The average molecular weight is 256 g/mol. The first-order chi connectivity index (χ1) is 8.49. The Bertz CT molecular complexity index is 319. The minimum Gasteiger partial charge on any atom is -0.479 e. The Morgan fingerprint density at radius 3 is 2.67 bits per heavy atom. The fraction of sp³-hybridized carbons (Fsp3) is 0.846. The molecule has 0 bridgehead atoms. The van der Waals surface area contributed by atoms with Crippen molar-refractivity contribution in [2.45, 2.75) is 45.1 Å². The Balaban J connectivity index is 2.91. The van der Waals surface area contributed by atoms with Crippen LogP contribution in [0.5, 0.6) is 0 Å². The van der Waals surface area contributed by atoms with Crippen LogP contribution in [0.2, 0.25) is 0 Å². The number of carboxylic acids is 1. The van der Waals surface area contributed by atoms with Crippen molar-refractivity contribution in [1.29, 1.82) is 0 Å². The van der Waals surface area contributed by atoms with E-state index in [-0.39, 0.29) is 11.8 Å². The second kappa shape index (κ2) is 6.18. The normalized spacial score (nSPS) is 25.2. The van der Waals surface area contributed by atoms with E-state index in [4.69, 9.17) is 0 Å². The highest BCUT2D eigenvalue weighted by Gasteiger charge is 2.49. The maximum Gasteiger partial charge on any atom is 0.329 e. The van der Waals surface area contributed by atoms with Crippen molar-refractivity contribution in [2.24, 2.45) is 5.92 Å². The van der Waals surface area contributed by atoms with Crippen LogP contribution in [0, 0.1) is 5.92 Å². The van der Waals surface area contributed by atoms with Gasteiger partial charge in [0.1, 0.15) is 5.54 Å². The van der Waals surface area contributed by atoms with Gasteiger partial charge in [0.25, 0.3) is 0 Å². The van der Waals surface area contributed by atoms with E-state index >= 15 is 0 Å². The first kappa shape index (κ1) is 15.0. The van der Waals surface area contributed by atoms with Crippen LogP contribution < -0.4 is 5.32 Å². The molecule has 1 saturated heterocycles. The van der Waals surface area contributed by atoms with E-state index in [1.165, 1.54) is 0 Å². The van der Waals surface area contributed by atoms with E-state index in [9.17, 15) is 14.7 Å². The molecule has 104 valence electrons. The number of rotatable bonds is 6. The molecule has 2 N–H and O–H groups in total. The summed E-state index contributed by atoms with van der Waals surface area (Å²) in [6, 6.07) is 0. The average Bonchev–Trinajstić information content (AvgIpc) is 2.74. The number of hydrogen-bond donors (Lipinski definition) is 2. The lowest BCUT2D eigenvalue weighted by Gasteiger charge is -2.36. The van der Waals surface area contributed by atoms with Crippen molar-refractivity contribution in [2.75, 3.05) is 20.1 Å². The lowest BCUT2D eigenvalue weighted by molar-refractivity contribution is -0.158. The predicted octanol–water partition coefficient (Wildman–Crippen LogP) is 1.09. The molecule has 1 aliphatic heterocycles. The number of carbonyl (C=O) groups excluding carboxylic acids is 1. The zero-order chi connectivity index (χ0) is 13.8. The summed E-state index contributed by atoms with van der Waals surface area (Å²) in [5.41, 5.74) is -0.964. The molecule has 0 spiro atoms. The predicted molar refractivity (Wildman–Crippen MR) is 69.3 cm³/mol. The van der Waals surface area contributed by atoms with Gasteiger partial charge in [-0.05, 0) is 26.3 Å². The van der Waals surface area contributed by atoms with Crippen molar-refractivity contribution in [1.82, 2.24) is 10.2 Å². The number of carbonyl (C=O) groups is 2. The van der Waals surface area contributed by atoms with Gasteiger partial charge in [0.2, 0.25) is 5.91 Å². The number of hydrogen-bond acceptors (Lipinski definition) is 3. The van der Waals surface area contributed by atoms with E-state index < -0.39 is 11.5 Å². The third kappa shape index (κ3) is 2.66. The standard InChI is InChI=1S/C13H24N2O3/c1-4-6-13(12(17)18)7-5-8-15(13)11(16)10(2)9-14-3/h10,14H,4-9H2,1-3H3,(H,17,18). The Hall–Kier alpha value is -1.10. The van der Waals surface area contributed by atoms with Gasteiger partial charge in [-0.25, -0.2) is 4.79 Å². The number of amides is 1. The number of carboxylic acid groups (broad SMARTS) is 1. The summed E-state index contributed by atoms with van der Waals surface area (Å²) < 4.78 is 0. The van der Waals surface area contributed by atoms with Gasteiger partial charge in [0, 0.05) is 19.0 Å². The maximum atomic E-state index is 12.4. The molecule has 1 heterocycles. The van der Waals surface area contributed by atoms with E-state index in [1.54, 1.807) is 11.9 Å². The second-order valence-corrected chi connectivity index (χ2v) is 5.14. The van der Waals surface area contributed by atoms with Crippen LogP contribution in [0.4, 0.5) is 0 Å². The number of nitrogens with one attached hydrogen (secondary N) is 1. The van der Waals surface area contributed by atoms with Gasteiger partial charge in [-0.3, -0.25) is 4.79 Å². The first-order valence-corrected chi connectivity index (χ1v) is 6.69. The van der Waals surface area contributed by atoms with Crippen molar-refractivity contribution < 1.29 is 14.7 Å². The van der Waals surface area contributed by atoms with E-state index in [1.807, 2.05) is 13.8 Å². The molecule has 1 aliphatic rings. The minimum atomic E-state index is -0.964. The van der Waals surface area contributed by atoms with Crippen LogP contribution in [0.25, 0.3) is 0 Å².